The molecule has 0 spiro atoms. The Kier molecular flexibility index (Phi) is 9.45. The topological polar surface area (TPSA) is 36.0 Å². The van der Waals surface area contributed by atoms with E-state index in [-0.39, 0.29) is 28.5 Å². The minimum absolute atomic E-state index is 0.0497. The van der Waals surface area contributed by atoms with Gasteiger partial charge in [-0.25, -0.2) is 0 Å². The number of furan rings is 2. The van der Waals surface area contributed by atoms with Gasteiger partial charge in [-0.15, -0.1) is 0 Å². The van der Waals surface area contributed by atoms with Crippen molar-refractivity contribution in [3.05, 3.63) is 199 Å². The van der Waals surface area contributed by atoms with Gasteiger partial charge in [0.1, 0.15) is 22.3 Å². The molecule has 5 heterocycles. The monoisotopic (exact) mass is 987 g/mol. The van der Waals surface area contributed by atoms with Crippen LogP contribution in [0, 0.1) is 0 Å². The Morgan fingerprint density at radius 1 is 0.461 bits per heavy atom. The fourth-order valence-electron chi connectivity index (χ4n) is 14.5. The maximum Gasteiger partial charge on any atom is 0.252 e. The zero-order valence-corrected chi connectivity index (χ0v) is 44.9. The summed E-state index contributed by atoms with van der Waals surface area (Å²) in [6.45, 7) is 19.0. The first kappa shape index (κ1) is 45.4. The lowest BCUT2D eigenvalue weighted by molar-refractivity contribution is 0.195. The lowest BCUT2D eigenvalue weighted by Gasteiger charge is -2.51. The Balaban J connectivity index is 1.14. The molecule has 1 aliphatic carbocycles. The average Bonchev–Trinajstić information content (AvgIpc) is 4.23. The van der Waals surface area contributed by atoms with Crippen molar-refractivity contribution in [1.82, 2.24) is 0 Å². The number of hydrogen-bond acceptors (Lipinski definition) is 5. The second kappa shape index (κ2) is 15.8. The summed E-state index contributed by atoms with van der Waals surface area (Å²) in [7, 11) is 0. The van der Waals surface area contributed by atoms with E-state index >= 15 is 0 Å². The highest BCUT2D eigenvalue weighted by Crippen LogP contribution is 2.62. The van der Waals surface area contributed by atoms with Crippen molar-refractivity contribution < 1.29 is 8.83 Å². The van der Waals surface area contributed by atoms with Gasteiger partial charge in [0.2, 0.25) is 0 Å². The summed E-state index contributed by atoms with van der Waals surface area (Å²) in [5.41, 5.74) is 22.8. The summed E-state index contributed by atoms with van der Waals surface area (Å²) in [4.78, 5) is 8.06. The molecule has 0 bridgehead atoms. The summed E-state index contributed by atoms with van der Waals surface area (Å²) in [5, 5.41) is 4.47. The van der Waals surface area contributed by atoms with Gasteiger partial charge in [0.05, 0.1) is 33.4 Å². The molecular weight excluding hydrogens is 926 g/mol. The molecule has 5 nitrogen and oxygen atoms in total. The standard InChI is InChI=1S/C70H62BN3O2/c1-67(2,3)44-31-34-53(49(39-44)43-21-10-9-11-22-43)73-58-42-46(74-54-26-15-14-25-50(54)69(7)37-18-19-38-70(69,74)8)41-57-65(58)71(51-33-36-62-64(66(51)73)48-24-13-17-29-60(48)76-62)52-40-45(68(4,5)6)32-35-55(52)72(57)56-27-20-30-61-63(56)47-23-12-16-28-59(47)75-61/h9-17,20-36,39-42H,18-19,37-38H2,1-8H3. The van der Waals surface area contributed by atoms with Gasteiger partial charge in [-0.05, 0) is 136 Å². The molecule has 76 heavy (non-hydrogen) atoms. The number of rotatable bonds is 4. The van der Waals surface area contributed by atoms with Crippen LogP contribution in [0.2, 0.25) is 0 Å². The molecule has 0 amide bonds. The number of hydrogen-bond donors (Lipinski definition) is 0. The van der Waals surface area contributed by atoms with Crippen LogP contribution in [0.15, 0.2) is 191 Å². The molecule has 1 fully saturated rings. The normalized spacial score (nSPS) is 18.8. The van der Waals surface area contributed by atoms with Gasteiger partial charge < -0.3 is 23.5 Å². The third-order valence-corrected chi connectivity index (χ3v) is 18.5. The molecule has 6 heteroatoms. The molecule has 15 rings (SSSR count). The van der Waals surface area contributed by atoms with Crippen LogP contribution in [0.3, 0.4) is 0 Å². The van der Waals surface area contributed by atoms with Gasteiger partial charge in [-0.3, -0.25) is 0 Å². The third-order valence-electron chi connectivity index (χ3n) is 18.5. The Bertz CT molecular complexity index is 4230. The van der Waals surface area contributed by atoms with Gasteiger partial charge in [-0.2, -0.15) is 0 Å². The molecule has 2 aromatic heterocycles. The van der Waals surface area contributed by atoms with Crippen LogP contribution in [-0.2, 0) is 16.2 Å². The van der Waals surface area contributed by atoms with Crippen molar-refractivity contribution in [1.29, 1.82) is 0 Å². The fourth-order valence-corrected chi connectivity index (χ4v) is 14.5. The number of para-hydroxylation sites is 3. The highest BCUT2D eigenvalue weighted by Gasteiger charge is 2.58. The van der Waals surface area contributed by atoms with E-state index in [1.165, 1.54) is 91.2 Å². The first-order valence-electron chi connectivity index (χ1n) is 27.6. The Morgan fingerprint density at radius 3 is 1.79 bits per heavy atom. The molecule has 3 aliphatic heterocycles. The summed E-state index contributed by atoms with van der Waals surface area (Å²) < 4.78 is 13.7. The van der Waals surface area contributed by atoms with Crippen LogP contribution in [0.4, 0.5) is 45.5 Å². The molecule has 0 radical (unpaired) electrons. The number of benzene rings is 9. The molecular formula is C70H62BN3O2. The van der Waals surface area contributed by atoms with Crippen LogP contribution >= 0.6 is 0 Å². The van der Waals surface area contributed by atoms with E-state index < -0.39 is 0 Å². The van der Waals surface area contributed by atoms with E-state index in [0.717, 1.165) is 68.1 Å². The number of fused-ring (bicyclic) bond motifs is 14. The maximum absolute atomic E-state index is 6.93. The second-order valence-corrected chi connectivity index (χ2v) is 24.8. The van der Waals surface area contributed by atoms with E-state index in [0.29, 0.717) is 0 Å². The highest BCUT2D eigenvalue weighted by molar-refractivity contribution is 7.00. The highest BCUT2D eigenvalue weighted by atomic mass is 16.3. The van der Waals surface area contributed by atoms with Gasteiger partial charge >= 0.3 is 0 Å². The summed E-state index contributed by atoms with van der Waals surface area (Å²) >= 11 is 0. The quantitative estimate of drug-likeness (QED) is 0.164. The Morgan fingerprint density at radius 2 is 1.05 bits per heavy atom. The van der Waals surface area contributed by atoms with E-state index in [1.54, 1.807) is 0 Å². The SMILES string of the molecule is CC(C)(C)c1ccc2c(c1)B1c3ccc4oc5ccccc5c4c3N(c3ccc(C(C)(C)C)cc3-c3ccccc3)c3cc(N4c5ccccc5C5(C)CCCCC45C)cc(c31)N2c1cccc2oc3ccccc3c12. The van der Waals surface area contributed by atoms with Crippen molar-refractivity contribution in [3.63, 3.8) is 0 Å². The van der Waals surface area contributed by atoms with Gasteiger partial charge in [0.15, 0.2) is 0 Å². The zero-order chi connectivity index (χ0) is 51.6. The lowest BCUT2D eigenvalue weighted by atomic mass is 9.33. The largest absolute Gasteiger partial charge is 0.456 e. The summed E-state index contributed by atoms with van der Waals surface area (Å²) in [5.74, 6) is 0. The van der Waals surface area contributed by atoms with Crippen molar-refractivity contribution in [2.24, 2.45) is 0 Å². The van der Waals surface area contributed by atoms with Crippen molar-refractivity contribution in [2.75, 3.05) is 14.7 Å². The summed E-state index contributed by atoms with van der Waals surface area (Å²) in [6.07, 6.45) is 4.65. The van der Waals surface area contributed by atoms with Crippen molar-refractivity contribution >= 4 is 112 Å². The smallest absolute Gasteiger partial charge is 0.252 e. The molecule has 9 aromatic carbocycles. The molecule has 0 saturated heterocycles. The van der Waals surface area contributed by atoms with E-state index in [9.17, 15) is 0 Å². The van der Waals surface area contributed by atoms with Crippen molar-refractivity contribution in [2.45, 2.75) is 103 Å². The molecule has 0 N–H and O–H groups in total. The fraction of sp³-hybridized carbons (Fsp3) is 0.229. The molecule has 372 valence electrons. The maximum atomic E-state index is 6.93. The minimum atomic E-state index is -0.190. The Labute approximate surface area is 446 Å². The third kappa shape index (κ3) is 6.21. The van der Waals surface area contributed by atoms with E-state index in [4.69, 9.17) is 8.83 Å². The number of anilines is 8. The second-order valence-electron chi connectivity index (χ2n) is 24.8. The van der Waals surface area contributed by atoms with Gasteiger partial charge in [0.25, 0.3) is 6.71 Å². The first-order chi connectivity index (χ1) is 36.7. The Hall–Kier alpha value is -7.96. The first-order valence-corrected chi connectivity index (χ1v) is 27.6. The van der Waals surface area contributed by atoms with Crippen LogP contribution < -0.4 is 31.1 Å². The van der Waals surface area contributed by atoms with Crippen molar-refractivity contribution in [3.8, 4) is 11.1 Å². The predicted octanol–water partition coefficient (Wildman–Crippen LogP) is 17.6. The zero-order valence-electron chi connectivity index (χ0n) is 44.9. The predicted molar refractivity (Wildman–Crippen MR) is 321 cm³/mol. The average molecular weight is 988 g/mol. The molecule has 4 aliphatic rings. The van der Waals surface area contributed by atoms with E-state index in [1.807, 2.05) is 0 Å². The molecule has 1 saturated carbocycles. The molecule has 2 atom stereocenters. The van der Waals surface area contributed by atoms with Crippen LogP contribution in [0.5, 0.6) is 0 Å². The number of nitrogens with zero attached hydrogens (tertiary/aromatic N) is 3. The molecule has 11 aromatic rings. The van der Waals surface area contributed by atoms with Crippen LogP contribution in [0.25, 0.3) is 55.0 Å². The van der Waals surface area contributed by atoms with Gasteiger partial charge in [-0.1, -0.05) is 177 Å². The van der Waals surface area contributed by atoms with Crippen LogP contribution in [-0.4, -0.2) is 12.3 Å². The summed E-state index contributed by atoms with van der Waals surface area (Å²) in [6, 6.07) is 68.6. The van der Waals surface area contributed by atoms with E-state index in [2.05, 4.69) is 252 Å². The molecule has 2 unspecified atom stereocenters. The lowest BCUT2D eigenvalue weighted by Crippen LogP contribution is -2.61. The van der Waals surface area contributed by atoms with Gasteiger partial charge in [0, 0.05) is 50.2 Å². The van der Waals surface area contributed by atoms with Crippen LogP contribution in [0.1, 0.15) is 97.8 Å². The minimum Gasteiger partial charge on any atom is -0.456 e.